The Balaban J connectivity index is 0.00000300. The van der Waals surface area contributed by atoms with Gasteiger partial charge in [-0.1, -0.05) is 0 Å². The number of hydrogen-bond donors (Lipinski definition) is 4. The molecule has 0 fully saturated rings. The molecule has 0 saturated heterocycles. The van der Waals surface area contributed by atoms with Crippen molar-refractivity contribution in [3.63, 3.8) is 0 Å². The number of nitrogens with one attached hydrogen (secondary N) is 3. The van der Waals surface area contributed by atoms with Crippen LogP contribution in [-0.2, 0) is 12.1 Å². The van der Waals surface area contributed by atoms with Gasteiger partial charge < -0.3 is 24.6 Å². The lowest BCUT2D eigenvalue weighted by molar-refractivity contribution is 0.0601. The number of aliphatic imine (C=N–C) groups is 1. The van der Waals surface area contributed by atoms with Crippen LogP contribution in [0.1, 0.15) is 36.8 Å². The van der Waals surface area contributed by atoms with Crippen LogP contribution >= 0.6 is 24.0 Å². The van der Waals surface area contributed by atoms with Gasteiger partial charge in [0.15, 0.2) is 11.7 Å². The van der Waals surface area contributed by atoms with E-state index in [-0.39, 0.29) is 30.5 Å². The first kappa shape index (κ1) is 22.9. The van der Waals surface area contributed by atoms with Gasteiger partial charge >= 0.3 is 0 Å². The van der Waals surface area contributed by atoms with Crippen LogP contribution in [0.4, 0.5) is 0 Å². The molecule has 158 valence electrons. The normalized spacial score (nSPS) is 13.6. The van der Waals surface area contributed by atoms with Gasteiger partial charge in [-0.2, -0.15) is 0 Å². The SMILES string of the molecule is CCNC(=NCc1nc(-c2ccco2)n[nH]1)NCC(C)(O)c1cc(C)oc1C.I. The van der Waals surface area contributed by atoms with E-state index in [0.29, 0.717) is 42.2 Å². The lowest BCUT2D eigenvalue weighted by Gasteiger charge is -2.24. The van der Waals surface area contributed by atoms with Gasteiger partial charge in [0.2, 0.25) is 5.82 Å². The van der Waals surface area contributed by atoms with Crippen LogP contribution in [0.5, 0.6) is 0 Å². The zero-order chi connectivity index (χ0) is 20.1. The highest BCUT2D eigenvalue weighted by Gasteiger charge is 2.27. The van der Waals surface area contributed by atoms with Crippen LogP contribution in [0.3, 0.4) is 0 Å². The van der Waals surface area contributed by atoms with E-state index in [2.05, 4.69) is 30.8 Å². The maximum Gasteiger partial charge on any atom is 0.216 e. The summed E-state index contributed by atoms with van der Waals surface area (Å²) in [5, 5.41) is 24.2. The highest BCUT2D eigenvalue weighted by molar-refractivity contribution is 14.0. The molecule has 0 bridgehead atoms. The van der Waals surface area contributed by atoms with Crippen molar-refractivity contribution >= 4 is 29.9 Å². The number of rotatable bonds is 7. The van der Waals surface area contributed by atoms with E-state index in [4.69, 9.17) is 8.83 Å². The molecule has 4 N–H and O–H groups in total. The molecular formula is C19H27IN6O3. The first-order chi connectivity index (χ1) is 13.4. The Bertz CT molecular complexity index is 930. The van der Waals surface area contributed by atoms with E-state index in [9.17, 15) is 5.11 Å². The van der Waals surface area contributed by atoms with Gasteiger partial charge in [0.05, 0.1) is 12.8 Å². The van der Waals surface area contributed by atoms with Gasteiger partial charge in [0.25, 0.3) is 0 Å². The highest BCUT2D eigenvalue weighted by atomic mass is 127. The Labute approximate surface area is 186 Å². The van der Waals surface area contributed by atoms with E-state index in [0.717, 1.165) is 11.3 Å². The molecule has 10 heteroatoms. The Kier molecular flexibility index (Phi) is 7.85. The molecule has 0 amide bonds. The van der Waals surface area contributed by atoms with Crippen molar-refractivity contribution in [3.8, 4) is 11.6 Å². The summed E-state index contributed by atoms with van der Waals surface area (Å²) in [6.07, 6.45) is 1.58. The lowest BCUT2D eigenvalue weighted by Crippen LogP contribution is -2.44. The van der Waals surface area contributed by atoms with Gasteiger partial charge in [-0.3, -0.25) is 5.10 Å². The summed E-state index contributed by atoms with van der Waals surface area (Å²) in [5.74, 6) is 3.73. The molecular weight excluding hydrogens is 487 g/mol. The molecule has 3 rings (SSSR count). The minimum atomic E-state index is -1.10. The van der Waals surface area contributed by atoms with Crippen LogP contribution in [0.25, 0.3) is 11.6 Å². The fourth-order valence-corrected chi connectivity index (χ4v) is 2.89. The summed E-state index contributed by atoms with van der Waals surface area (Å²) in [5.41, 5.74) is -0.344. The molecule has 0 aliphatic heterocycles. The third-order valence-corrected chi connectivity index (χ3v) is 4.23. The van der Waals surface area contributed by atoms with Crippen LogP contribution in [0.2, 0.25) is 0 Å². The van der Waals surface area contributed by atoms with E-state index >= 15 is 0 Å². The molecule has 3 aromatic rings. The third kappa shape index (κ3) is 5.82. The monoisotopic (exact) mass is 514 g/mol. The molecule has 1 atom stereocenters. The molecule has 0 aliphatic rings. The number of aryl methyl sites for hydroxylation is 2. The second-order valence-electron chi connectivity index (χ2n) is 6.73. The second-order valence-corrected chi connectivity index (χ2v) is 6.73. The summed E-state index contributed by atoms with van der Waals surface area (Å²) >= 11 is 0. The Hall–Kier alpha value is -2.34. The number of H-pyrrole nitrogens is 1. The first-order valence-corrected chi connectivity index (χ1v) is 9.16. The molecule has 0 saturated carbocycles. The number of aromatic amines is 1. The zero-order valence-electron chi connectivity index (χ0n) is 16.9. The molecule has 0 aromatic carbocycles. The molecule has 29 heavy (non-hydrogen) atoms. The van der Waals surface area contributed by atoms with Crippen molar-refractivity contribution in [2.24, 2.45) is 4.99 Å². The number of hydrogen-bond acceptors (Lipinski definition) is 6. The summed E-state index contributed by atoms with van der Waals surface area (Å²) in [6.45, 7) is 8.68. The van der Waals surface area contributed by atoms with Crippen molar-refractivity contribution in [1.82, 2.24) is 25.8 Å². The molecule has 1 unspecified atom stereocenters. The number of furan rings is 2. The Morgan fingerprint density at radius 3 is 2.76 bits per heavy atom. The smallest absolute Gasteiger partial charge is 0.216 e. The fourth-order valence-electron chi connectivity index (χ4n) is 2.89. The fraction of sp³-hybridized carbons (Fsp3) is 0.421. The highest BCUT2D eigenvalue weighted by Crippen LogP contribution is 2.26. The van der Waals surface area contributed by atoms with Crippen LogP contribution in [0.15, 0.2) is 38.3 Å². The summed E-state index contributed by atoms with van der Waals surface area (Å²) < 4.78 is 10.8. The maximum atomic E-state index is 10.8. The molecule has 3 aromatic heterocycles. The quantitative estimate of drug-likeness (QED) is 0.217. The molecule has 0 spiro atoms. The molecule has 0 aliphatic carbocycles. The average Bonchev–Trinajstić information content (AvgIpc) is 3.38. The number of aliphatic hydroxyl groups is 1. The number of halogens is 1. The maximum absolute atomic E-state index is 10.8. The summed E-state index contributed by atoms with van der Waals surface area (Å²) in [6, 6.07) is 5.43. The topological polar surface area (TPSA) is 124 Å². The van der Waals surface area contributed by atoms with Crippen LogP contribution in [0, 0.1) is 13.8 Å². The van der Waals surface area contributed by atoms with E-state index in [1.54, 1.807) is 25.3 Å². The largest absolute Gasteiger partial charge is 0.466 e. The standard InChI is InChI=1S/C19H26N6O3.HI/c1-5-20-18(22-11-19(4,26)14-9-12(2)28-13(14)3)21-10-16-23-17(25-24-16)15-7-6-8-27-15;/h6-9,26H,5,10-11H2,1-4H3,(H2,20,21,22)(H,23,24,25);1H. The Morgan fingerprint density at radius 1 is 1.34 bits per heavy atom. The Morgan fingerprint density at radius 2 is 2.14 bits per heavy atom. The minimum Gasteiger partial charge on any atom is -0.466 e. The number of guanidine groups is 1. The van der Waals surface area contributed by atoms with E-state index in [1.807, 2.05) is 26.8 Å². The summed E-state index contributed by atoms with van der Waals surface area (Å²) in [7, 11) is 0. The predicted octanol–water partition coefficient (Wildman–Crippen LogP) is 2.86. The van der Waals surface area contributed by atoms with Crippen LogP contribution in [-0.4, -0.2) is 39.3 Å². The summed E-state index contributed by atoms with van der Waals surface area (Å²) in [4.78, 5) is 8.87. The van der Waals surface area contributed by atoms with Gasteiger partial charge in [0.1, 0.15) is 29.5 Å². The first-order valence-electron chi connectivity index (χ1n) is 9.16. The van der Waals surface area contributed by atoms with E-state index < -0.39 is 5.60 Å². The number of aromatic nitrogens is 3. The molecule has 3 heterocycles. The molecule has 0 radical (unpaired) electrons. The van der Waals surface area contributed by atoms with Gasteiger partial charge in [-0.15, -0.1) is 29.1 Å². The third-order valence-electron chi connectivity index (χ3n) is 4.23. The molecule has 9 nitrogen and oxygen atoms in total. The number of nitrogens with zero attached hydrogens (tertiary/aromatic N) is 3. The minimum absolute atomic E-state index is 0. The van der Waals surface area contributed by atoms with Crippen molar-refractivity contribution in [2.45, 2.75) is 39.8 Å². The van der Waals surface area contributed by atoms with Gasteiger partial charge in [0, 0.05) is 12.1 Å². The predicted molar refractivity (Wildman–Crippen MR) is 120 cm³/mol. The van der Waals surface area contributed by atoms with Crippen molar-refractivity contribution < 1.29 is 13.9 Å². The van der Waals surface area contributed by atoms with Crippen molar-refractivity contribution in [3.05, 3.63) is 47.4 Å². The van der Waals surface area contributed by atoms with Crippen molar-refractivity contribution in [2.75, 3.05) is 13.1 Å². The zero-order valence-corrected chi connectivity index (χ0v) is 19.3. The average molecular weight is 514 g/mol. The van der Waals surface area contributed by atoms with Gasteiger partial charge in [-0.05, 0) is 45.9 Å². The lowest BCUT2D eigenvalue weighted by atomic mass is 9.96. The van der Waals surface area contributed by atoms with Crippen LogP contribution < -0.4 is 10.6 Å². The second kappa shape index (κ2) is 9.92. The van der Waals surface area contributed by atoms with Gasteiger partial charge in [-0.25, -0.2) is 9.98 Å². The van der Waals surface area contributed by atoms with E-state index in [1.165, 1.54) is 0 Å². The van der Waals surface area contributed by atoms with Crippen molar-refractivity contribution in [1.29, 1.82) is 0 Å².